The molecule has 0 aliphatic carbocycles. The zero-order chi connectivity index (χ0) is 18.9. The number of piperidine rings is 1. The fourth-order valence-corrected chi connectivity index (χ4v) is 4.54. The molecule has 5 nitrogen and oxygen atoms in total. The molecule has 3 heterocycles. The summed E-state index contributed by atoms with van der Waals surface area (Å²) in [5.74, 6) is 0.502. The van der Waals surface area contributed by atoms with Crippen LogP contribution in [0.15, 0.2) is 33.1 Å². The molecule has 140 valence electrons. The maximum Gasteiger partial charge on any atom is 0.263 e. The zero-order valence-electron chi connectivity index (χ0n) is 15.4. The van der Waals surface area contributed by atoms with Gasteiger partial charge in [-0.1, -0.05) is 20.8 Å². The first-order chi connectivity index (χ1) is 12.2. The van der Waals surface area contributed by atoms with Crippen LogP contribution in [0.2, 0.25) is 0 Å². The lowest BCUT2D eigenvalue weighted by molar-refractivity contribution is 0.0687. The van der Waals surface area contributed by atoms with Gasteiger partial charge in [0.1, 0.15) is 0 Å². The van der Waals surface area contributed by atoms with Crippen molar-refractivity contribution in [1.82, 2.24) is 14.5 Å². The van der Waals surface area contributed by atoms with Gasteiger partial charge in [0.25, 0.3) is 11.5 Å². The lowest BCUT2D eigenvalue weighted by Crippen LogP contribution is -2.39. The van der Waals surface area contributed by atoms with Crippen molar-refractivity contribution in [2.45, 2.75) is 45.6 Å². The molecule has 0 aromatic carbocycles. The van der Waals surface area contributed by atoms with Crippen LogP contribution in [0, 0.1) is 5.92 Å². The Labute approximate surface area is 166 Å². The van der Waals surface area contributed by atoms with E-state index in [-0.39, 0.29) is 16.9 Å². The summed E-state index contributed by atoms with van der Waals surface area (Å²) in [6, 6.07) is 3.52. The van der Waals surface area contributed by atoms with Crippen LogP contribution in [0.4, 0.5) is 0 Å². The van der Waals surface area contributed by atoms with Gasteiger partial charge >= 0.3 is 0 Å². The summed E-state index contributed by atoms with van der Waals surface area (Å²) in [7, 11) is 0. The van der Waals surface area contributed by atoms with Gasteiger partial charge in [-0.25, -0.2) is 4.98 Å². The fourth-order valence-electron chi connectivity index (χ4n) is 3.15. The minimum atomic E-state index is -0.124. The number of thiophene rings is 1. The fraction of sp³-hybridized carbons (Fsp3) is 0.526. The molecule has 7 heteroatoms. The molecule has 26 heavy (non-hydrogen) atoms. The number of rotatable bonds is 3. The molecule has 1 saturated heterocycles. The predicted molar refractivity (Wildman–Crippen MR) is 108 cm³/mol. The van der Waals surface area contributed by atoms with Crippen LogP contribution >= 0.6 is 27.3 Å². The first-order valence-corrected chi connectivity index (χ1v) is 10.5. The van der Waals surface area contributed by atoms with Gasteiger partial charge in [-0.05, 0) is 40.8 Å². The molecule has 0 spiro atoms. The third-order valence-corrected chi connectivity index (χ3v) is 6.46. The Kier molecular flexibility index (Phi) is 5.67. The lowest BCUT2D eigenvalue weighted by Gasteiger charge is -2.32. The lowest BCUT2D eigenvalue weighted by atomic mass is 9.92. The molecule has 0 bridgehead atoms. The number of amides is 1. The van der Waals surface area contributed by atoms with Crippen LogP contribution in [-0.2, 0) is 12.0 Å². The molecule has 0 saturated carbocycles. The molecular weight excluding hydrogens is 414 g/mol. The molecular formula is C19H24BrN3O2S. The standard InChI is InChI=1S/C19H24BrN3O2S/c1-19(2,3)16-9-17(24)23(12-21-16)10-13-4-6-22(7-5-13)18(25)15-8-14(20)11-26-15/h8-9,11-13H,4-7,10H2,1-3H3. The van der Waals surface area contributed by atoms with Gasteiger partial charge in [-0.2, -0.15) is 0 Å². The van der Waals surface area contributed by atoms with Crippen LogP contribution in [0.5, 0.6) is 0 Å². The number of carbonyl (C=O) groups is 1. The average molecular weight is 438 g/mol. The van der Waals surface area contributed by atoms with Crippen LogP contribution in [0.3, 0.4) is 0 Å². The summed E-state index contributed by atoms with van der Waals surface area (Å²) in [6.45, 7) is 8.30. The van der Waals surface area contributed by atoms with E-state index in [0.717, 1.165) is 41.0 Å². The minimum absolute atomic E-state index is 0.00636. The molecule has 1 fully saturated rings. The summed E-state index contributed by atoms with van der Waals surface area (Å²) < 4.78 is 2.65. The highest BCUT2D eigenvalue weighted by Crippen LogP contribution is 2.25. The average Bonchev–Trinajstić information content (AvgIpc) is 3.02. The third kappa shape index (κ3) is 4.43. The second kappa shape index (κ2) is 7.64. The molecule has 1 amide bonds. The van der Waals surface area contributed by atoms with Crippen molar-refractivity contribution < 1.29 is 4.79 Å². The number of hydrogen-bond acceptors (Lipinski definition) is 4. The van der Waals surface area contributed by atoms with Gasteiger partial charge in [0, 0.05) is 41.0 Å². The maximum absolute atomic E-state index is 12.5. The Morgan fingerprint density at radius 1 is 1.31 bits per heavy atom. The monoisotopic (exact) mass is 437 g/mol. The summed E-state index contributed by atoms with van der Waals surface area (Å²) in [6.07, 6.45) is 3.49. The Bertz CT molecular complexity index is 845. The van der Waals surface area contributed by atoms with Gasteiger partial charge < -0.3 is 4.90 Å². The molecule has 3 rings (SSSR count). The molecule has 2 aromatic rings. The van der Waals surface area contributed by atoms with Crippen LogP contribution in [0.25, 0.3) is 0 Å². The number of halogens is 1. The number of carbonyl (C=O) groups excluding carboxylic acids is 1. The molecule has 1 aliphatic rings. The van der Waals surface area contributed by atoms with Gasteiger partial charge in [0.2, 0.25) is 0 Å². The van der Waals surface area contributed by atoms with Crippen molar-refractivity contribution in [3.05, 3.63) is 49.2 Å². The van der Waals surface area contributed by atoms with Crippen LogP contribution in [0.1, 0.15) is 49.0 Å². The van der Waals surface area contributed by atoms with Crippen molar-refractivity contribution >= 4 is 33.2 Å². The van der Waals surface area contributed by atoms with Crippen molar-refractivity contribution in [3.8, 4) is 0 Å². The van der Waals surface area contributed by atoms with E-state index in [1.54, 1.807) is 17.0 Å². The second-order valence-electron chi connectivity index (χ2n) is 7.88. The number of aromatic nitrogens is 2. The summed E-state index contributed by atoms with van der Waals surface area (Å²) >= 11 is 4.86. The largest absolute Gasteiger partial charge is 0.338 e. The Morgan fingerprint density at radius 3 is 2.54 bits per heavy atom. The Balaban J connectivity index is 1.59. The van der Waals surface area contributed by atoms with Crippen LogP contribution in [-0.4, -0.2) is 33.4 Å². The maximum atomic E-state index is 12.5. The first kappa shape index (κ1) is 19.3. The highest BCUT2D eigenvalue weighted by Gasteiger charge is 2.25. The summed E-state index contributed by atoms with van der Waals surface area (Å²) in [4.78, 5) is 32.0. The first-order valence-electron chi connectivity index (χ1n) is 8.84. The number of hydrogen-bond donors (Lipinski definition) is 0. The second-order valence-corrected chi connectivity index (χ2v) is 9.71. The summed E-state index contributed by atoms with van der Waals surface area (Å²) in [5, 5.41) is 1.93. The van der Waals surface area contributed by atoms with Gasteiger partial charge in [0.05, 0.1) is 16.9 Å². The van der Waals surface area contributed by atoms with E-state index in [9.17, 15) is 9.59 Å². The van der Waals surface area contributed by atoms with E-state index >= 15 is 0 Å². The van der Waals surface area contributed by atoms with E-state index in [1.807, 2.05) is 16.3 Å². The highest BCUT2D eigenvalue weighted by molar-refractivity contribution is 9.10. The van der Waals surface area contributed by atoms with Crippen LogP contribution < -0.4 is 5.56 Å². The van der Waals surface area contributed by atoms with Crippen molar-refractivity contribution in [2.24, 2.45) is 5.92 Å². The van der Waals surface area contributed by atoms with Crippen molar-refractivity contribution in [1.29, 1.82) is 0 Å². The SMILES string of the molecule is CC(C)(C)c1cc(=O)n(CC2CCN(C(=O)c3cc(Br)cs3)CC2)cn1. The number of likely N-dealkylation sites (tertiary alicyclic amines) is 1. The predicted octanol–water partition coefficient (Wildman–Crippen LogP) is 3.92. The third-order valence-electron chi connectivity index (χ3n) is 4.78. The molecule has 1 aliphatic heterocycles. The molecule has 2 aromatic heterocycles. The van der Waals surface area contributed by atoms with E-state index in [2.05, 4.69) is 41.7 Å². The Morgan fingerprint density at radius 2 is 2.00 bits per heavy atom. The summed E-state index contributed by atoms with van der Waals surface area (Å²) in [5.41, 5.74) is 0.703. The highest BCUT2D eigenvalue weighted by atomic mass is 79.9. The van der Waals surface area contributed by atoms with E-state index in [1.165, 1.54) is 11.3 Å². The molecule has 0 unspecified atom stereocenters. The number of nitrogens with zero attached hydrogens (tertiary/aromatic N) is 3. The normalized spacial score (nSPS) is 16.1. The molecule has 0 N–H and O–H groups in total. The van der Waals surface area contributed by atoms with Gasteiger partial charge in [0.15, 0.2) is 0 Å². The quantitative estimate of drug-likeness (QED) is 0.730. The van der Waals surface area contributed by atoms with E-state index < -0.39 is 0 Å². The smallest absolute Gasteiger partial charge is 0.263 e. The van der Waals surface area contributed by atoms with Gasteiger partial charge in [-0.15, -0.1) is 11.3 Å². The molecule has 0 radical (unpaired) electrons. The Hall–Kier alpha value is -1.47. The molecule has 0 atom stereocenters. The van der Waals surface area contributed by atoms with Gasteiger partial charge in [-0.3, -0.25) is 14.2 Å². The minimum Gasteiger partial charge on any atom is -0.338 e. The topological polar surface area (TPSA) is 55.2 Å². The van der Waals surface area contributed by atoms with Crippen molar-refractivity contribution in [3.63, 3.8) is 0 Å². The zero-order valence-corrected chi connectivity index (χ0v) is 17.8. The van der Waals surface area contributed by atoms with E-state index in [0.29, 0.717) is 12.5 Å². The van der Waals surface area contributed by atoms with Crippen molar-refractivity contribution in [2.75, 3.05) is 13.1 Å². The van der Waals surface area contributed by atoms with E-state index in [4.69, 9.17) is 0 Å².